The topological polar surface area (TPSA) is 112 Å². The van der Waals surface area contributed by atoms with Crippen LogP contribution < -0.4 is 5.32 Å². The molecule has 0 radical (unpaired) electrons. The van der Waals surface area contributed by atoms with E-state index in [4.69, 9.17) is 5.11 Å². The highest BCUT2D eigenvalue weighted by Crippen LogP contribution is 2.34. The molecular weight excluding hydrogens is 432 g/mol. The normalized spacial score (nSPS) is 12.8. The Kier molecular flexibility index (Phi) is 8.62. The first-order valence-electron chi connectivity index (χ1n) is 11.5. The van der Waals surface area contributed by atoms with Gasteiger partial charge in [-0.1, -0.05) is 55.5 Å². The number of carbonyl (C=O) groups is 2. The Labute approximate surface area is 199 Å². The fourth-order valence-electron chi connectivity index (χ4n) is 4.37. The van der Waals surface area contributed by atoms with E-state index in [1.807, 2.05) is 74.5 Å². The summed E-state index contributed by atoms with van der Waals surface area (Å²) in [6.45, 7) is 4.37. The number of aliphatic hydroxyl groups is 2. The van der Waals surface area contributed by atoms with E-state index in [-0.39, 0.29) is 12.3 Å². The second-order valence-corrected chi connectivity index (χ2v) is 8.40. The predicted octanol–water partition coefficient (Wildman–Crippen LogP) is 4.25. The maximum absolute atomic E-state index is 13.4. The van der Waals surface area contributed by atoms with Crippen LogP contribution in [0.4, 0.5) is 5.69 Å². The average Bonchev–Trinajstić information content (AvgIpc) is 3.09. The number of carbonyl (C=O) groups excluding carboxylic acids is 1. The van der Waals surface area contributed by atoms with Crippen molar-refractivity contribution < 1.29 is 24.9 Å². The monoisotopic (exact) mass is 464 g/mol. The van der Waals surface area contributed by atoms with Gasteiger partial charge in [-0.3, -0.25) is 9.59 Å². The second kappa shape index (κ2) is 11.6. The molecule has 1 heterocycles. The van der Waals surface area contributed by atoms with E-state index in [9.17, 15) is 19.8 Å². The predicted molar refractivity (Wildman–Crippen MR) is 132 cm³/mol. The van der Waals surface area contributed by atoms with Crippen molar-refractivity contribution in [3.8, 4) is 11.1 Å². The van der Waals surface area contributed by atoms with Gasteiger partial charge in [0.1, 0.15) is 0 Å². The molecule has 1 amide bonds. The van der Waals surface area contributed by atoms with Crippen molar-refractivity contribution in [2.24, 2.45) is 0 Å². The molecule has 2 atom stereocenters. The first-order valence-corrected chi connectivity index (χ1v) is 11.5. The largest absolute Gasteiger partial charge is 0.481 e. The van der Waals surface area contributed by atoms with E-state index >= 15 is 0 Å². The Morgan fingerprint density at radius 3 is 2.18 bits per heavy atom. The van der Waals surface area contributed by atoms with Gasteiger partial charge in [-0.25, -0.2) is 0 Å². The zero-order valence-electron chi connectivity index (χ0n) is 19.6. The van der Waals surface area contributed by atoms with Gasteiger partial charge in [0.25, 0.3) is 5.91 Å². The highest BCUT2D eigenvalue weighted by atomic mass is 16.4. The Bertz CT molecular complexity index is 1110. The Hall–Kier alpha value is -3.42. The lowest BCUT2D eigenvalue weighted by Crippen LogP contribution is -2.22. The van der Waals surface area contributed by atoms with Crippen molar-refractivity contribution in [2.75, 3.05) is 5.32 Å². The molecule has 34 heavy (non-hydrogen) atoms. The summed E-state index contributed by atoms with van der Waals surface area (Å²) in [7, 11) is 0. The standard InChI is InChI=1S/C27H32N2O5/c1-3-23-26(19-10-6-4-7-11-19)25(27(34)28-20-12-8-5-9-13-20)18(2)29(23)15-14-21(30)16-22(31)17-24(32)33/h4-13,21-22,30-31H,3,14-17H2,1-2H3,(H,28,34)(H,32,33)/t21-,22-/m1/s1. The number of benzene rings is 2. The third-order valence-corrected chi connectivity index (χ3v) is 5.93. The molecule has 4 N–H and O–H groups in total. The summed E-state index contributed by atoms with van der Waals surface area (Å²) in [6.07, 6.45) is -1.37. The van der Waals surface area contributed by atoms with Crippen LogP contribution >= 0.6 is 0 Å². The Morgan fingerprint density at radius 1 is 0.971 bits per heavy atom. The van der Waals surface area contributed by atoms with Crippen molar-refractivity contribution in [1.29, 1.82) is 0 Å². The maximum atomic E-state index is 13.4. The number of aliphatic carboxylic acids is 1. The Morgan fingerprint density at radius 2 is 1.59 bits per heavy atom. The molecule has 0 spiro atoms. The number of aliphatic hydroxyl groups excluding tert-OH is 2. The number of carboxylic acid groups (broad SMARTS) is 1. The van der Waals surface area contributed by atoms with Gasteiger partial charge in [-0.05, 0) is 43.9 Å². The van der Waals surface area contributed by atoms with E-state index in [0.717, 1.165) is 22.5 Å². The maximum Gasteiger partial charge on any atom is 0.305 e. The molecule has 0 aliphatic heterocycles. The molecule has 1 aromatic heterocycles. The summed E-state index contributed by atoms with van der Waals surface area (Å²) < 4.78 is 2.05. The van der Waals surface area contributed by atoms with Gasteiger partial charge in [0, 0.05) is 29.2 Å². The number of hydrogen-bond acceptors (Lipinski definition) is 4. The van der Waals surface area contributed by atoms with E-state index in [1.165, 1.54) is 0 Å². The summed E-state index contributed by atoms with van der Waals surface area (Å²) in [5, 5.41) is 32.1. The highest BCUT2D eigenvalue weighted by molar-refractivity contribution is 6.10. The van der Waals surface area contributed by atoms with Gasteiger partial charge in [0.15, 0.2) is 0 Å². The summed E-state index contributed by atoms with van der Waals surface area (Å²) >= 11 is 0. The molecule has 0 bridgehead atoms. The molecule has 3 rings (SSSR count). The van der Waals surface area contributed by atoms with Crippen molar-refractivity contribution in [1.82, 2.24) is 4.57 Å². The number of aromatic nitrogens is 1. The van der Waals surface area contributed by atoms with Crippen LogP contribution in [0.3, 0.4) is 0 Å². The average molecular weight is 465 g/mol. The van der Waals surface area contributed by atoms with Crippen molar-refractivity contribution in [3.05, 3.63) is 77.6 Å². The number of hydrogen-bond donors (Lipinski definition) is 4. The lowest BCUT2D eigenvalue weighted by Gasteiger charge is -2.17. The Balaban J connectivity index is 1.94. The molecule has 7 heteroatoms. The molecule has 0 unspecified atom stereocenters. The molecule has 7 nitrogen and oxygen atoms in total. The van der Waals surface area contributed by atoms with Crippen LogP contribution in [0.1, 0.15) is 47.9 Å². The number of carboxylic acids is 1. The van der Waals surface area contributed by atoms with E-state index in [0.29, 0.717) is 30.6 Å². The number of rotatable bonds is 11. The zero-order chi connectivity index (χ0) is 24.7. The number of amides is 1. The zero-order valence-corrected chi connectivity index (χ0v) is 19.6. The summed E-state index contributed by atoms with van der Waals surface area (Å²) in [4.78, 5) is 24.2. The van der Waals surface area contributed by atoms with Crippen LogP contribution in [-0.4, -0.2) is 44.0 Å². The lowest BCUT2D eigenvalue weighted by atomic mass is 9.98. The molecule has 2 aromatic carbocycles. The second-order valence-electron chi connectivity index (χ2n) is 8.40. The summed E-state index contributed by atoms with van der Waals surface area (Å²) in [6, 6.07) is 19.1. The van der Waals surface area contributed by atoms with Gasteiger partial charge < -0.3 is 25.2 Å². The molecule has 0 aliphatic rings. The molecular formula is C27H32N2O5. The minimum absolute atomic E-state index is 0.0129. The molecule has 0 aliphatic carbocycles. The van der Waals surface area contributed by atoms with Crippen LogP contribution in [0, 0.1) is 6.92 Å². The van der Waals surface area contributed by atoms with Crippen LogP contribution in [0.5, 0.6) is 0 Å². The van der Waals surface area contributed by atoms with Gasteiger partial charge in [0.05, 0.1) is 24.2 Å². The molecule has 0 saturated carbocycles. The summed E-state index contributed by atoms with van der Waals surface area (Å²) in [5.74, 6) is -1.30. The van der Waals surface area contributed by atoms with Crippen LogP contribution in [0.2, 0.25) is 0 Å². The SMILES string of the molecule is CCc1c(-c2ccccc2)c(C(=O)Nc2ccccc2)c(C)n1CC[C@@H](O)C[C@@H](O)CC(=O)O. The molecule has 0 fully saturated rings. The molecule has 0 saturated heterocycles. The van der Waals surface area contributed by atoms with Crippen LogP contribution in [0.15, 0.2) is 60.7 Å². The molecule has 3 aromatic rings. The number of anilines is 1. The fourth-order valence-corrected chi connectivity index (χ4v) is 4.37. The van der Waals surface area contributed by atoms with Gasteiger partial charge in [-0.2, -0.15) is 0 Å². The van der Waals surface area contributed by atoms with Crippen LogP contribution in [0.25, 0.3) is 11.1 Å². The van der Waals surface area contributed by atoms with Gasteiger partial charge in [0.2, 0.25) is 0 Å². The smallest absolute Gasteiger partial charge is 0.305 e. The highest BCUT2D eigenvalue weighted by Gasteiger charge is 2.26. The summed E-state index contributed by atoms with van der Waals surface area (Å²) in [5.41, 5.74) is 4.89. The van der Waals surface area contributed by atoms with Gasteiger partial charge >= 0.3 is 5.97 Å². The third kappa shape index (κ3) is 6.12. The minimum atomic E-state index is -1.10. The number of para-hydroxylation sites is 1. The quantitative estimate of drug-likeness (QED) is 0.339. The molecule has 180 valence electrons. The van der Waals surface area contributed by atoms with Crippen LogP contribution in [-0.2, 0) is 17.8 Å². The van der Waals surface area contributed by atoms with Crippen molar-refractivity contribution in [3.63, 3.8) is 0 Å². The fraction of sp³-hybridized carbons (Fsp3) is 0.333. The first kappa shape index (κ1) is 25.2. The van der Waals surface area contributed by atoms with E-state index in [2.05, 4.69) is 9.88 Å². The first-order chi connectivity index (χ1) is 16.3. The number of nitrogens with zero attached hydrogens (tertiary/aromatic N) is 1. The van der Waals surface area contributed by atoms with E-state index < -0.39 is 24.6 Å². The van der Waals surface area contributed by atoms with Gasteiger partial charge in [-0.15, -0.1) is 0 Å². The van der Waals surface area contributed by atoms with E-state index in [1.54, 1.807) is 0 Å². The number of nitrogens with one attached hydrogen (secondary N) is 1. The lowest BCUT2D eigenvalue weighted by molar-refractivity contribution is -0.139. The minimum Gasteiger partial charge on any atom is -0.481 e. The van der Waals surface area contributed by atoms with Crippen molar-refractivity contribution >= 4 is 17.6 Å². The third-order valence-electron chi connectivity index (χ3n) is 5.93. The van der Waals surface area contributed by atoms with Crippen molar-refractivity contribution in [2.45, 2.75) is 58.3 Å².